The minimum Gasteiger partial charge on any atom is -0.492 e. The highest BCUT2D eigenvalue weighted by atomic mass is 32.2. The van der Waals surface area contributed by atoms with Gasteiger partial charge in [0, 0.05) is 13.1 Å². The molecule has 0 aliphatic carbocycles. The van der Waals surface area contributed by atoms with Crippen molar-refractivity contribution < 1.29 is 30.8 Å². The van der Waals surface area contributed by atoms with Crippen LogP contribution in [-0.2, 0) is 24.8 Å². The van der Waals surface area contributed by atoms with Gasteiger partial charge in [-0.3, -0.25) is 9.10 Å². The van der Waals surface area contributed by atoms with Gasteiger partial charge in [-0.2, -0.15) is 4.31 Å². The molecule has 2 aromatic rings. The lowest BCUT2D eigenvalue weighted by atomic mass is 10.2. The first-order valence-corrected chi connectivity index (χ1v) is 14.0. The molecule has 0 bridgehead atoms. The lowest BCUT2D eigenvalue weighted by Crippen LogP contribution is -2.48. The van der Waals surface area contributed by atoms with Crippen molar-refractivity contribution in [2.75, 3.05) is 36.8 Å². The fraction of sp³-hybridized carbons (Fsp3) is 0.409. The van der Waals surface area contributed by atoms with E-state index in [0.29, 0.717) is 18.8 Å². The summed E-state index contributed by atoms with van der Waals surface area (Å²) in [6.45, 7) is 2.61. The minimum absolute atomic E-state index is 0.0466. The Morgan fingerprint density at radius 1 is 1.12 bits per heavy atom. The summed E-state index contributed by atoms with van der Waals surface area (Å²) in [6.07, 6.45) is 2.66. The summed E-state index contributed by atoms with van der Waals surface area (Å²) in [5.74, 6) is -0.767. The number of anilines is 1. The van der Waals surface area contributed by atoms with Gasteiger partial charge in [0.25, 0.3) is 0 Å². The summed E-state index contributed by atoms with van der Waals surface area (Å²) in [5, 5.41) is 2.60. The van der Waals surface area contributed by atoms with E-state index >= 15 is 0 Å². The second kappa shape index (κ2) is 10.7. The quantitative estimate of drug-likeness (QED) is 0.486. The van der Waals surface area contributed by atoms with Crippen LogP contribution in [0.5, 0.6) is 5.75 Å². The molecular weight excluding hydrogens is 485 g/mol. The molecule has 9 nitrogen and oxygen atoms in total. The zero-order valence-corrected chi connectivity index (χ0v) is 20.6. The number of hydrogen-bond donors (Lipinski definition) is 1. The molecule has 1 unspecified atom stereocenters. The van der Waals surface area contributed by atoms with Gasteiger partial charge in [-0.15, -0.1) is 0 Å². The molecular formula is C22H28FN3O6S2. The third kappa shape index (κ3) is 6.24. The molecule has 1 amide bonds. The van der Waals surface area contributed by atoms with Gasteiger partial charge < -0.3 is 10.1 Å². The van der Waals surface area contributed by atoms with Crippen molar-refractivity contribution in [1.82, 2.24) is 9.62 Å². The molecule has 0 aromatic heterocycles. The van der Waals surface area contributed by atoms with Crippen LogP contribution in [0.1, 0.15) is 19.8 Å². The van der Waals surface area contributed by atoms with Crippen LogP contribution in [0.2, 0.25) is 0 Å². The number of nitrogens with one attached hydrogen (secondary N) is 1. The Labute approximate surface area is 199 Å². The van der Waals surface area contributed by atoms with E-state index in [4.69, 9.17) is 4.74 Å². The molecule has 0 saturated carbocycles. The Morgan fingerprint density at radius 2 is 1.76 bits per heavy atom. The van der Waals surface area contributed by atoms with E-state index in [9.17, 15) is 26.0 Å². The highest BCUT2D eigenvalue weighted by Crippen LogP contribution is 2.23. The topological polar surface area (TPSA) is 113 Å². The second-order valence-corrected chi connectivity index (χ2v) is 11.7. The van der Waals surface area contributed by atoms with Crippen molar-refractivity contribution in [2.24, 2.45) is 0 Å². The molecule has 1 atom stereocenters. The van der Waals surface area contributed by atoms with E-state index in [-0.39, 0.29) is 23.7 Å². The maximum absolute atomic E-state index is 13.6. The Hall–Kier alpha value is -2.70. The van der Waals surface area contributed by atoms with E-state index in [0.717, 1.165) is 29.5 Å². The molecule has 1 N–H and O–H groups in total. The maximum atomic E-state index is 13.6. The van der Waals surface area contributed by atoms with Gasteiger partial charge in [0.2, 0.25) is 26.0 Å². The SMILES string of the molecule is CC(C(=O)NCCOc1ccc(S(=O)(=O)N2CCCC2)cc1)N(c1cccc(F)c1)S(C)(=O)=O. The highest BCUT2D eigenvalue weighted by Gasteiger charge is 2.29. The van der Waals surface area contributed by atoms with Crippen molar-refractivity contribution in [3.63, 3.8) is 0 Å². The third-order valence-electron chi connectivity index (χ3n) is 5.35. The molecule has 3 rings (SSSR count). The number of carbonyl (C=O) groups is 1. The molecule has 1 fully saturated rings. The fourth-order valence-electron chi connectivity index (χ4n) is 3.70. The smallest absolute Gasteiger partial charge is 0.243 e. The molecule has 1 aliphatic heterocycles. The van der Waals surface area contributed by atoms with E-state index in [1.54, 1.807) is 12.1 Å². The van der Waals surface area contributed by atoms with Gasteiger partial charge >= 0.3 is 0 Å². The maximum Gasteiger partial charge on any atom is 0.243 e. The summed E-state index contributed by atoms with van der Waals surface area (Å²) in [7, 11) is -7.36. The average Bonchev–Trinajstić information content (AvgIpc) is 3.32. The monoisotopic (exact) mass is 513 g/mol. The number of sulfonamides is 2. The normalized spacial score (nSPS) is 15.6. The van der Waals surface area contributed by atoms with Crippen molar-refractivity contribution in [3.05, 3.63) is 54.3 Å². The number of halogens is 1. The van der Waals surface area contributed by atoms with Crippen LogP contribution >= 0.6 is 0 Å². The molecule has 0 radical (unpaired) electrons. The minimum atomic E-state index is -3.85. The van der Waals surface area contributed by atoms with E-state index in [1.807, 2.05) is 0 Å². The molecule has 1 saturated heterocycles. The molecule has 34 heavy (non-hydrogen) atoms. The van der Waals surface area contributed by atoms with Crippen LogP contribution < -0.4 is 14.4 Å². The molecule has 2 aromatic carbocycles. The number of ether oxygens (including phenoxy) is 1. The lowest BCUT2D eigenvalue weighted by Gasteiger charge is -2.28. The van der Waals surface area contributed by atoms with Crippen LogP contribution in [0.3, 0.4) is 0 Å². The van der Waals surface area contributed by atoms with E-state index < -0.39 is 37.8 Å². The first-order chi connectivity index (χ1) is 16.0. The third-order valence-corrected chi connectivity index (χ3v) is 8.50. The number of nitrogens with zero attached hydrogens (tertiary/aromatic N) is 2. The van der Waals surface area contributed by atoms with Gasteiger partial charge in [0.05, 0.1) is 23.4 Å². The van der Waals surface area contributed by atoms with Crippen molar-refractivity contribution in [2.45, 2.75) is 30.7 Å². The number of carbonyl (C=O) groups excluding carboxylic acids is 1. The standard InChI is InChI=1S/C22H28FN3O6S2/c1-17(26(33(2,28)29)19-7-5-6-18(23)16-19)22(27)24-12-15-32-20-8-10-21(11-9-20)34(30,31)25-13-3-4-14-25/h5-11,16-17H,3-4,12-15H2,1-2H3,(H,24,27). The van der Waals surface area contributed by atoms with Crippen molar-refractivity contribution in [3.8, 4) is 5.75 Å². The number of hydrogen-bond acceptors (Lipinski definition) is 6. The second-order valence-electron chi connectivity index (χ2n) is 7.94. The molecule has 0 spiro atoms. The summed E-state index contributed by atoms with van der Waals surface area (Å²) in [4.78, 5) is 12.7. The first-order valence-electron chi connectivity index (χ1n) is 10.8. The summed E-state index contributed by atoms with van der Waals surface area (Å²) >= 11 is 0. The van der Waals surface area contributed by atoms with Crippen LogP contribution in [0.4, 0.5) is 10.1 Å². The lowest BCUT2D eigenvalue weighted by molar-refractivity contribution is -0.121. The van der Waals surface area contributed by atoms with Crippen LogP contribution in [0.15, 0.2) is 53.4 Å². The Bertz CT molecular complexity index is 1210. The van der Waals surface area contributed by atoms with Crippen molar-refractivity contribution >= 4 is 31.6 Å². The number of benzene rings is 2. The zero-order chi connectivity index (χ0) is 24.9. The molecule has 186 valence electrons. The summed E-state index contributed by atoms with van der Waals surface area (Å²) in [5.41, 5.74) is 0.0466. The van der Waals surface area contributed by atoms with E-state index in [2.05, 4.69) is 5.32 Å². The Morgan fingerprint density at radius 3 is 2.35 bits per heavy atom. The van der Waals surface area contributed by atoms with Crippen LogP contribution in [0.25, 0.3) is 0 Å². The molecule has 1 aliphatic rings. The van der Waals surface area contributed by atoms with Gasteiger partial charge in [0.15, 0.2) is 0 Å². The average molecular weight is 514 g/mol. The van der Waals surface area contributed by atoms with Gasteiger partial charge in [-0.05, 0) is 62.2 Å². The Balaban J connectivity index is 1.54. The Kier molecular flexibility index (Phi) is 8.16. The largest absolute Gasteiger partial charge is 0.492 e. The van der Waals surface area contributed by atoms with Crippen LogP contribution in [0, 0.1) is 5.82 Å². The predicted octanol–water partition coefficient (Wildman–Crippen LogP) is 1.96. The van der Waals surface area contributed by atoms with Gasteiger partial charge in [0.1, 0.15) is 24.2 Å². The number of rotatable bonds is 10. The number of amides is 1. The highest BCUT2D eigenvalue weighted by molar-refractivity contribution is 7.92. The first kappa shape index (κ1) is 25.9. The molecule has 12 heteroatoms. The van der Waals surface area contributed by atoms with Gasteiger partial charge in [-0.1, -0.05) is 6.07 Å². The fourth-order valence-corrected chi connectivity index (χ4v) is 6.38. The summed E-state index contributed by atoms with van der Waals surface area (Å²) in [6, 6.07) is 9.92. The van der Waals surface area contributed by atoms with Crippen LogP contribution in [-0.4, -0.2) is 65.6 Å². The summed E-state index contributed by atoms with van der Waals surface area (Å²) < 4.78 is 71.1. The zero-order valence-electron chi connectivity index (χ0n) is 19.0. The predicted molar refractivity (Wildman–Crippen MR) is 126 cm³/mol. The van der Waals surface area contributed by atoms with Crippen molar-refractivity contribution in [1.29, 1.82) is 0 Å². The van der Waals surface area contributed by atoms with E-state index in [1.165, 1.54) is 41.6 Å². The van der Waals surface area contributed by atoms with Gasteiger partial charge in [-0.25, -0.2) is 21.2 Å². The molecule has 1 heterocycles.